The molecule has 0 aliphatic rings. The molecule has 0 amide bonds. The van der Waals surface area contributed by atoms with E-state index in [1.54, 1.807) is 30.3 Å². The van der Waals surface area contributed by atoms with Crippen molar-refractivity contribution >= 4 is 5.97 Å². The van der Waals surface area contributed by atoms with Crippen molar-refractivity contribution in [1.29, 1.82) is 5.26 Å². The third-order valence-electron chi connectivity index (χ3n) is 3.27. The fraction of sp³-hybridized carbons (Fsp3) is 0. The van der Waals surface area contributed by atoms with Crippen LogP contribution < -0.4 is 14.2 Å². The lowest BCUT2D eigenvalue weighted by molar-refractivity contribution is -0.129. The van der Waals surface area contributed by atoms with Crippen LogP contribution in [0, 0.1) is 11.3 Å². The molecule has 1 heterocycles. The first kappa shape index (κ1) is 17.6. The molecule has 3 rings (SSSR count). The minimum absolute atomic E-state index is 0.000645. The Morgan fingerprint density at radius 2 is 1.74 bits per heavy atom. The van der Waals surface area contributed by atoms with E-state index in [1.807, 2.05) is 12.1 Å². The molecule has 0 atom stereocenters. The van der Waals surface area contributed by atoms with Gasteiger partial charge in [0.2, 0.25) is 5.75 Å². The molecule has 1 aromatic heterocycles. The normalized spacial score (nSPS) is 9.74. The molecule has 0 fully saturated rings. The van der Waals surface area contributed by atoms with Gasteiger partial charge in [0.15, 0.2) is 11.5 Å². The number of nitrogens with zero attached hydrogens (tertiary/aromatic N) is 3. The number of carbonyl (C=O) groups excluding carboxylic acids is 1. The number of esters is 1. The van der Waals surface area contributed by atoms with Crippen LogP contribution in [0.1, 0.15) is 5.56 Å². The highest BCUT2D eigenvalue weighted by Crippen LogP contribution is 2.44. The number of nitriles is 1. The van der Waals surface area contributed by atoms with Crippen LogP contribution >= 0.6 is 0 Å². The quantitative estimate of drug-likeness (QED) is 0.372. The van der Waals surface area contributed by atoms with Crippen molar-refractivity contribution in [3.05, 3.63) is 79.1 Å². The fourth-order valence-electron chi connectivity index (χ4n) is 2.10. The van der Waals surface area contributed by atoms with Crippen LogP contribution in [-0.2, 0) is 4.79 Å². The topological polar surface area (TPSA) is 94.3 Å². The summed E-state index contributed by atoms with van der Waals surface area (Å²) in [4.78, 5) is 19.6. The van der Waals surface area contributed by atoms with Crippen molar-refractivity contribution in [3.8, 4) is 35.1 Å². The van der Waals surface area contributed by atoms with Crippen molar-refractivity contribution in [2.75, 3.05) is 0 Å². The molecule has 2 aromatic carbocycles. The maximum atomic E-state index is 11.7. The first-order valence-corrected chi connectivity index (χ1v) is 7.80. The van der Waals surface area contributed by atoms with Gasteiger partial charge < -0.3 is 14.2 Å². The van der Waals surface area contributed by atoms with E-state index in [9.17, 15) is 10.1 Å². The predicted octanol–water partition coefficient (Wildman–Crippen LogP) is 4.02. The zero-order chi connectivity index (χ0) is 19.1. The number of aromatic nitrogens is 2. The molecular formula is C20H13N3O4. The number of ether oxygens (including phenoxy) is 3. The Kier molecular flexibility index (Phi) is 5.40. The number of para-hydroxylation sites is 1. The molecular weight excluding hydrogens is 346 g/mol. The van der Waals surface area contributed by atoms with Crippen molar-refractivity contribution in [1.82, 2.24) is 9.97 Å². The molecule has 0 N–H and O–H groups in total. The van der Waals surface area contributed by atoms with E-state index in [0.717, 1.165) is 6.08 Å². The maximum absolute atomic E-state index is 11.7. The van der Waals surface area contributed by atoms with Gasteiger partial charge in [0, 0.05) is 18.5 Å². The molecule has 0 saturated heterocycles. The van der Waals surface area contributed by atoms with Crippen LogP contribution in [0.25, 0.3) is 0 Å². The van der Waals surface area contributed by atoms with Gasteiger partial charge >= 0.3 is 12.0 Å². The number of rotatable bonds is 6. The van der Waals surface area contributed by atoms with Crippen molar-refractivity contribution in [2.24, 2.45) is 0 Å². The summed E-state index contributed by atoms with van der Waals surface area (Å²) in [5.74, 6) is -0.105. The second-order valence-corrected chi connectivity index (χ2v) is 5.06. The van der Waals surface area contributed by atoms with E-state index in [1.165, 1.54) is 24.5 Å². The van der Waals surface area contributed by atoms with Gasteiger partial charge in [-0.3, -0.25) is 0 Å². The van der Waals surface area contributed by atoms with Crippen LogP contribution in [0.3, 0.4) is 0 Å². The zero-order valence-electron chi connectivity index (χ0n) is 14.0. The Morgan fingerprint density at radius 1 is 1.00 bits per heavy atom. The van der Waals surface area contributed by atoms with Crippen molar-refractivity contribution < 1.29 is 19.0 Å². The Labute approximate surface area is 155 Å². The van der Waals surface area contributed by atoms with E-state index in [0.29, 0.717) is 5.75 Å². The summed E-state index contributed by atoms with van der Waals surface area (Å²) < 4.78 is 16.7. The zero-order valence-corrected chi connectivity index (χ0v) is 14.0. The van der Waals surface area contributed by atoms with Crippen LogP contribution in [0.4, 0.5) is 0 Å². The van der Waals surface area contributed by atoms with Crippen molar-refractivity contribution in [2.45, 2.75) is 0 Å². The molecule has 132 valence electrons. The van der Waals surface area contributed by atoms with Crippen LogP contribution in [-0.4, -0.2) is 15.9 Å². The molecule has 27 heavy (non-hydrogen) atoms. The average molecular weight is 359 g/mol. The lowest BCUT2D eigenvalue weighted by Crippen LogP contribution is -2.06. The summed E-state index contributed by atoms with van der Waals surface area (Å²) in [5.41, 5.74) is 0.184. The summed E-state index contributed by atoms with van der Waals surface area (Å²) in [6.45, 7) is 3.37. The smallest absolute Gasteiger partial charge is 0.335 e. The molecule has 0 bridgehead atoms. The Morgan fingerprint density at radius 3 is 2.41 bits per heavy atom. The van der Waals surface area contributed by atoms with Gasteiger partial charge in [0.25, 0.3) is 0 Å². The number of hydrogen-bond donors (Lipinski definition) is 0. The lowest BCUT2D eigenvalue weighted by atomic mass is 10.2. The van der Waals surface area contributed by atoms with E-state index in [-0.39, 0.29) is 28.8 Å². The van der Waals surface area contributed by atoms with Gasteiger partial charge in [0.1, 0.15) is 11.8 Å². The number of carbonyl (C=O) groups is 1. The minimum atomic E-state index is -0.691. The molecule has 0 saturated carbocycles. The third kappa shape index (κ3) is 4.27. The molecule has 0 radical (unpaired) electrons. The first-order valence-electron chi connectivity index (χ1n) is 7.80. The Bertz CT molecular complexity index is 999. The molecule has 7 heteroatoms. The maximum Gasteiger partial charge on any atom is 0.335 e. The van der Waals surface area contributed by atoms with Crippen LogP contribution in [0.15, 0.2) is 73.6 Å². The Hall–Kier alpha value is -4.18. The summed E-state index contributed by atoms with van der Waals surface area (Å²) in [7, 11) is 0. The predicted molar refractivity (Wildman–Crippen MR) is 95.6 cm³/mol. The average Bonchev–Trinajstić information content (AvgIpc) is 2.72. The summed E-state index contributed by atoms with van der Waals surface area (Å²) >= 11 is 0. The highest BCUT2D eigenvalue weighted by Gasteiger charge is 2.21. The van der Waals surface area contributed by atoms with E-state index >= 15 is 0 Å². The van der Waals surface area contributed by atoms with Gasteiger partial charge in [-0.1, -0.05) is 24.8 Å². The summed E-state index contributed by atoms with van der Waals surface area (Å²) in [6.07, 6.45) is 3.99. The molecule has 0 spiro atoms. The van der Waals surface area contributed by atoms with Crippen LogP contribution in [0.2, 0.25) is 0 Å². The van der Waals surface area contributed by atoms with E-state index in [2.05, 4.69) is 16.5 Å². The molecule has 7 nitrogen and oxygen atoms in total. The van der Waals surface area contributed by atoms with Gasteiger partial charge in [-0.25, -0.2) is 14.8 Å². The minimum Gasteiger partial charge on any atom is -0.452 e. The largest absolute Gasteiger partial charge is 0.452 e. The fourth-order valence-corrected chi connectivity index (χ4v) is 2.10. The number of benzene rings is 2. The second-order valence-electron chi connectivity index (χ2n) is 5.06. The van der Waals surface area contributed by atoms with Crippen LogP contribution in [0.5, 0.6) is 29.0 Å². The van der Waals surface area contributed by atoms with Crippen molar-refractivity contribution in [3.63, 3.8) is 0 Å². The highest BCUT2D eigenvalue weighted by molar-refractivity contribution is 5.84. The molecule has 0 aliphatic heterocycles. The highest BCUT2D eigenvalue weighted by atomic mass is 16.6. The SMILES string of the molecule is C=CC(=O)Oc1ccc(C#N)c(Oc2ccccc2)c1Oc1ncccn1. The molecule has 0 aliphatic carbocycles. The Balaban J connectivity index is 2.12. The monoisotopic (exact) mass is 359 g/mol. The third-order valence-corrected chi connectivity index (χ3v) is 3.27. The lowest BCUT2D eigenvalue weighted by Gasteiger charge is -2.15. The number of hydrogen-bond acceptors (Lipinski definition) is 7. The summed E-state index contributed by atoms with van der Waals surface area (Å²) in [6, 6.07) is 15.4. The standard InChI is InChI=1S/C20H13N3O4/c1-2-17(24)26-16-10-9-14(13-21)18(25-15-7-4-3-5-8-15)19(16)27-20-22-11-6-12-23-20/h2-12H,1H2. The van der Waals surface area contributed by atoms with E-state index < -0.39 is 5.97 Å². The van der Waals surface area contributed by atoms with Gasteiger partial charge in [0.05, 0.1) is 5.56 Å². The van der Waals surface area contributed by atoms with Gasteiger partial charge in [-0.2, -0.15) is 5.26 Å². The second kappa shape index (κ2) is 8.27. The van der Waals surface area contributed by atoms with Gasteiger partial charge in [-0.15, -0.1) is 0 Å². The summed E-state index contributed by atoms with van der Waals surface area (Å²) in [5, 5.41) is 9.47. The molecule has 0 unspecified atom stereocenters. The van der Waals surface area contributed by atoms with E-state index in [4.69, 9.17) is 14.2 Å². The van der Waals surface area contributed by atoms with Gasteiger partial charge in [-0.05, 0) is 30.3 Å². The molecule has 3 aromatic rings. The first-order chi connectivity index (χ1) is 13.2.